The molecule has 4 heteroatoms. The molecule has 0 aromatic heterocycles. The van der Waals surface area contributed by atoms with Crippen LogP contribution in [-0.4, -0.2) is 11.5 Å². The molecule has 88 valence electrons. The Morgan fingerprint density at radius 3 is 2.67 bits per heavy atom. The number of nitriles is 1. The molecule has 2 N–H and O–H groups in total. The number of hydrogen-bond acceptors (Lipinski definition) is 3. The van der Waals surface area contributed by atoms with Crippen LogP contribution >= 0.6 is 0 Å². The second-order valence-corrected chi connectivity index (χ2v) is 4.28. The molecule has 1 amide bonds. The van der Waals surface area contributed by atoms with Gasteiger partial charge in [-0.25, -0.2) is 0 Å². The molecule has 0 radical (unpaired) electrons. The van der Waals surface area contributed by atoms with Crippen molar-refractivity contribution in [3.63, 3.8) is 0 Å². The number of carbonyl (C=O) groups excluding carboxylic acids is 1. The smallest absolute Gasteiger partial charge is 0.267 e. The number of fused-ring (bicyclic) bond motifs is 1. The van der Waals surface area contributed by atoms with E-state index in [9.17, 15) is 4.79 Å². The number of amides is 1. The maximum Gasteiger partial charge on any atom is 0.267 e. The Hall–Kier alpha value is -2.38. The van der Waals surface area contributed by atoms with Crippen molar-refractivity contribution in [1.29, 1.82) is 5.26 Å². The number of rotatable bonds is 2. The summed E-state index contributed by atoms with van der Waals surface area (Å²) >= 11 is 0. The lowest BCUT2D eigenvalue weighted by Gasteiger charge is -2.04. The van der Waals surface area contributed by atoms with Crippen LogP contribution in [0.15, 0.2) is 42.5 Å². The Balaban J connectivity index is 2.14. The third-order valence-corrected chi connectivity index (χ3v) is 3.25. The Kier molecular flexibility index (Phi) is 2.12. The van der Waals surface area contributed by atoms with Gasteiger partial charge in [0.2, 0.25) is 0 Å². The van der Waals surface area contributed by atoms with Gasteiger partial charge in [0.05, 0.1) is 0 Å². The summed E-state index contributed by atoms with van der Waals surface area (Å²) in [7, 11) is 0. The van der Waals surface area contributed by atoms with Crippen molar-refractivity contribution in [2.45, 2.75) is 11.7 Å². The molecule has 2 aromatic carbocycles. The van der Waals surface area contributed by atoms with Gasteiger partial charge in [-0.2, -0.15) is 5.26 Å². The zero-order chi connectivity index (χ0) is 12.8. The van der Waals surface area contributed by atoms with Crippen molar-refractivity contribution in [3.05, 3.63) is 48.0 Å². The van der Waals surface area contributed by atoms with E-state index in [2.05, 4.69) is 0 Å². The highest BCUT2D eigenvalue weighted by atomic mass is 16.6. The number of carbonyl (C=O) groups is 1. The van der Waals surface area contributed by atoms with Gasteiger partial charge in [-0.15, -0.1) is 0 Å². The zero-order valence-corrected chi connectivity index (χ0v) is 9.46. The van der Waals surface area contributed by atoms with E-state index in [1.165, 1.54) is 0 Å². The van der Waals surface area contributed by atoms with Gasteiger partial charge in [-0.1, -0.05) is 42.5 Å². The first-order chi connectivity index (χ1) is 8.69. The summed E-state index contributed by atoms with van der Waals surface area (Å²) in [4.78, 5) is 11.3. The highest BCUT2D eigenvalue weighted by molar-refractivity contribution is 5.93. The molecule has 3 rings (SSSR count). The topological polar surface area (TPSA) is 79.4 Å². The normalized spacial score (nSPS) is 25.6. The van der Waals surface area contributed by atoms with Crippen LogP contribution in [-0.2, 0) is 9.53 Å². The minimum Gasteiger partial charge on any atom is -0.366 e. The summed E-state index contributed by atoms with van der Waals surface area (Å²) in [6, 6.07) is 15.3. The predicted molar refractivity (Wildman–Crippen MR) is 65.3 cm³/mol. The van der Waals surface area contributed by atoms with E-state index in [1.54, 1.807) is 0 Å². The van der Waals surface area contributed by atoms with Crippen molar-refractivity contribution < 1.29 is 9.53 Å². The van der Waals surface area contributed by atoms with Gasteiger partial charge < -0.3 is 10.5 Å². The van der Waals surface area contributed by atoms with Crippen LogP contribution in [0.4, 0.5) is 0 Å². The highest BCUT2D eigenvalue weighted by Crippen LogP contribution is 2.50. The summed E-state index contributed by atoms with van der Waals surface area (Å²) in [6.07, 6.45) is -0.564. The van der Waals surface area contributed by atoms with Crippen LogP contribution < -0.4 is 5.73 Å². The summed E-state index contributed by atoms with van der Waals surface area (Å²) in [5.74, 6) is -0.733. The second-order valence-electron chi connectivity index (χ2n) is 4.28. The fraction of sp³-hybridized carbons (Fsp3) is 0.143. The zero-order valence-electron chi connectivity index (χ0n) is 9.46. The van der Waals surface area contributed by atoms with E-state index in [0.717, 1.165) is 16.3 Å². The summed E-state index contributed by atoms with van der Waals surface area (Å²) < 4.78 is 5.27. The third kappa shape index (κ3) is 1.31. The number of nitrogens with two attached hydrogens (primary N) is 1. The average molecular weight is 238 g/mol. The molecule has 0 saturated carbocycles. The van der Waals surface area contributed by atoms with Crippen molar-refractivity contribution in [3.8, 4) is 6.07 Å². The van der Waals surface area contributed by atoms with Gasteiger partial charge in [0.25, 0.3) is 11.5 Å². The Bertz CT molecular complexity index is 684. The maximum absolute atomic E-state index is 11.3. The number of ether oxygens (including phenoxy) is 1. The van der Waals surface area contributed by atoms with Gasteiger partial charge in [-0.3, -0.25) is 4.79 Å². The minimum atomic E-state index is -1.50. The van der Waals surface area contributed by atoms with E-state index in [0.29, 0.717) is 0 Å². The van der Waals surface area contributed by atoms with Gasteiger partial charge in [0, 0.05) is 0 Å². The van der Waals surface area contributed by atoms with Gasteiger partial charge in [0.15, 0.2) is 0 Å². The molecular weight excluding hydrogens is 228 g/mol. The maximum atomic E-state index is 11.3. The number of nitrogens with zero attached hydrogens (tertiary/aromatic N) is 1. The molecule has 0 aliphatic carbocycles. The highest BCUT2D eigenvalue weighted by Gasteiger charge is 2.64. The number of primary amides is 1. The van der Waals surface area contributed by atoms with E-state index in [4.69, 9.17) is 15.7 Å². The Morgan fingerprint density at radius 2 is 2.00 bits per heavy atom. The average Bonchev–Trinajstić information content (AvgIpc) is 3.14. The molecular formula is C14H10N2O2. The second kappa shape index (κ2) is 3.56. The summed E-state index contributed by atoms with van der Waals surface area (Å²) in [5, 5.41) is 11.1. The molecule has 1 aliphatic heterocycles. The molecule has 0 spiro atoms. The quantitative estimate of drug-likeness (QED) is 0.808. The van der Waals surface area contributed by atoms with Crippen LogP contribution in [0.1, 0.15) is 11.7 Å². The molecule has 1 heterocycles. The van der Waals surface area contributed by atoms with Gasteiger partial charge in [-0.05, 0) is 16.3 Å². The summed E-state index contributed by atoms with van der Waals surface area (Å²) in [5.41, 5.74) is 4.56. The fourth-order valence-corrected chi connectivity index (χ4v) is 2.24. The Morgan fingerprint density at radius 1 is 1.28 bits per heavy atom. The van der Waals surface area contributed by atoms with Crippen LogP contribution in [0.25, 0.3) is 10.8 Å². The van der Waals surface area contributed by atoms with E-state index in [-0.39, 0.29) is 0 Å². The van der Waals surface area contributed by atoms with Crippen LogP contribution in [0.5, 0.6) is 0 Å². The predicted octanol–water partition coefficient (Wildman–Crippen LogP) is 1.66. The monoisotopic (exact) mass is 238 g/mol. The first-order valence-electron chi connectivity index (χ1n) is 5.55. The third-order valence-electron chi connectivity index (χ3n) is 3.25. The molecule has 4 nitrogen and oxygen atoms in total. The van der Waals surface area contributed by atoms with Gasteiger partial charge >= 0.3 is 0 Å². The molecule has 2 aromatic rings. The number of epoxide rings is 1. The van der Waals surface area contributed by atoms with Crippen molar-refractivity contribution in [2.75, 3.05) is 0 Å². The standard InChI is InChI=1S/C14H10N2O2/c15-8-14(13(16)17)12(18-14)11-7-3-5-9-4-1-2-6-10(9)11/h1-7,12H,(H2,16,17). The number of hydrogen-bond donors (Lipinski definition) is 1. The molecule has 1 aliphatic rings. The first kappa shape index (κ1) is 10.8. The molecule has 1 saturated heterocycles. The largest absolute Gasteiger partial charge is 0.366 e. The van der Waals surface area contributed by atoms with Crippen LogP contribution in [0.2, 0.25) is 0 Å². The van der Waals surface area contributed by atoms with Gasteiger partial charge in [0.1, 0.15) is 12.2 Å². The minimum absolute atomic E-state index is 0.564. The van der Waals surface area contributed by atoms with E-state index < -0.39 is 17.6 Å². The SMILES string of the molecule is N#CC1(C(N)=O)OC1c1cccc2ccccc12. The lowest BCUT2D eigenvalue weighted by Crippen LogP contribution is -2.31. The Labute approximate surface area is 104 Å². The molecule has 2 atom stereocenters. The molecule has 0 bridgehead atoms. The first-order valence-corrected chi connectivity index (χ1v) is 5.55. The summed E-state index contributed by atoms with van der Waals surface area (Å²) in [6.45, 7) is 0. The molecule has 2 unspecified atom stereocenters. The number of benzene rings is 2. The lowest BCUT2D eigenvalue weighted by molar-refractivity contribution is -0.121. The molecule has 1 fully saturated rings. The van der Waals surface area contributed by atoms with Crippen molar-refractivity contribution in [2.24, 2.45) is 5.73 Å². The van der Waals surface area contributed by atoms with E-state index >= 15 is 0 Å². The van der Waals surface area contributed by atoms with Crippen molar-refractivity contribution >= 4 is 16.7 Å². The van der Waals surface area contributed by atoms with Crippen molar-refractivity contribution in [1.82, 2.24) is 0 Å². The fourth-order valence-electron chi connectivity index (χ4n) is 2.24. The van der Waals surface area contributed by atoms with Crippen LogP contribution in [0, 0.1) is 11.3 Å². The van der Waals surface area contributed by atoms with E-state index in [1.807, 2.05) is 48.5 Å². The lowest BCUT2D eigenvalue weighted by atomic mass is 9.95. The van der Waals surface area contributed by atoms with Crippen LogP contribution in [0.3, 0.4) is 0 Å². The molecule has 18 heavy (non-hydrogen) atoms.